The summed E-state index contributed by atoms with van der Waals surface area (Å²) in [7, 11) is -2.62. The molecule has 7 nitrogen and oxygen atoms in total. The normalized spacial score (nSPS) is 16.0. The molecule has 0 aliphatic carbocycles. The number of nitrogens with zero attached hydrogens (tertiary/aromatic N) is 2. The lowest BCUT2D eigenvalue weighted by Gasteiger charge is -2.39. The Morgan fingerprint density at radius 2 is 1.67 bits per heavy atom. The van der Waals surface area contributed by atoms with Crippen LogP contribution in [0.15, 0.2) is 65.5 Å². The number of likely N-dealkylation sites (tertiary alicyclic amines) is 1. The molecule has 30 heavy (non-hydrogen) atoms. The van der Waals surface area contributed by atoms with Crippen LogP contribution in [0.3, 0.4) is 0 Å². The third-order valence-electron chi connectivity index (χ3n) is 5.10. The molecular weight excluding hydrogens is 400 g/mol. The molecule has 1 saturated heterocycles. The van der Waals surface area contributed by atoms with Crippen molar-refractivity contribution in [1.82, 2.24) is 15.1 Å². The van der Waals surface area contributed by atoms with E-state index in [1.807, 2.05) is 60.7 Å². The van der Waals surface area contributed by atoms with Crippen LogP contribution < -0.4 is 5.56 Å². The number of carbonyl (C=O) groups excluding carboxylic acids is 1. The van der Waals surface area contributed by atoms with Crippen molar-refractivity contribution in [2.24, 2.45) is 5.92 Å². The minimum atomic E-state index is -2.62. The van der Waals surface area contributed by atoms with Crippen LogP contribution in [0, 0.1) is 10.7 Å². The van der Waals surface area contributed by atoms with E-state index in [4.69, 9.17) is 4.78 Å². The molecule has 4 rings (SSSR count). The van der Waals surface area contributed by atoms with Gasteiger partial charge in [-0.3, -0.25) is 18.6 Å². The molecular formula is C22H22N4O3S. The summed E-state index contributed by atoms with van der Waals surface area (Å²) in [5.41, 5.74) is 2.07. The van der Waals surface area contributed by atoms with Crippen molar-refractivity contribution in [3.63, 3.8) is 0 Å². The number of amides is 1. The van der Waals surface area contributed by atoms with Gasteiger partial charge in [-0.2, -0.15) is 5.10 Å². The van der Waals surface area contributed by atoms with Gasteiger partial charge in [-0.05, 0) is 5.56 Å². The van der Waals surface area contributed by atoms with Gasteiger partial charge in [0, 0.05) is 51.9 Å². The van der Waals surface area contributed by atoms with Crippen molar-refractivity contribution >= 4 is 15.6 Å². The Labute approximate surface area is 174 Å². The van der Waals surface area contributed by atoms with Gasteiger partial charge < -0.3 is 4.90 Å². The molecule has 0 spiro atoms. The molecule has 1 aromatic heterocycles. The van der Waals surface area contributed by atoms with Crippen LogP contribution in [-0.4, -0.2) is 50.3 Å². The summed E-state index contributed by atoms with van der Waals surface area (Å²) < 4.78 is 19.3. The standard InChI is InChI=1S/C22H22N4O3S/c1-30(23,29)14-15-12-26(13-15)22(28)19-18(16-8-4-2-5-9-16)20(24-25-21(19)27)17-10-6-3-7-11-17/h2-11,15,23H,12-14H2,1H3,(H,25,27). The molecule has 2 aromatic carbocycles. The lowest BCUT2D eigenvalue weighted by Crippen LogP contribution is -2.53. The van der Waals surface area contributed by atoms with Gasteiger partial charge in [-0.25, -0.2) is 5.10 Å². The van der Waals surface area contributed by atoms with Crippen LogP contribution in [0.4, 0.5) is 0 Å². The van der Waals surface area contributed by atoms with Gasteiger partial charge in [0.1, 0.15) is 5.56 Å². The van der Waals surface area contributed by atoms with E-state index >= 15 is 0 Å². The quantitative estimate of drug-likeness (QED) is 0.659. The SMILES string of the molecule is CS(=N)(=O)CC1CN(C(=O)c2c(-c3ccccc3)c(-c3ccccc3)n[nH]c2=O)C1. The molecule has 1 fully saturated rings. The number of H-pyrrole nitrogens is 1. The van der Waals surface area contributed by atoms with Gasteiger partial charge in [-0.1, -0.05) is 60.7 Å². The molecule has 3 aromatic rings. The molecule has 2 heterocycles. The third-order valence-corrected chi connectivity index (χ3v) is 6.21. The van der Waals surface area contributed by atoms with E-state index in [2.05, 4.69) is 10.2 Å². The maximum atomic E-state index is 13.3. The highest BCUT2D eigenvalue weighted by Crippen LogP contribution is 2.33. The fourth-order valence-corrected chi connectivity index (χ4v) is 4.90. The second-order valence-electron chi connectivity index (χ2n) is 7.63. The lowest BCUT2D eigenvalue weighted by atomic mass is 9.93. The maximum Gasteiger partial charge on any atom is 0.277 e. The molecule has 0 bridgehead atoms. The monoisotopic (exact) mass is 422 g/mol. The van der Waals surface area contributed by atoms with Gasteiger partial charge >= 0.3 is 0 Å². The van der Waals surface area contributed by atoms with Gasteiger partial charge in [0.2, 0.25) is 0 Å². The Morgan fingerprint density at radius 1 is 1.10 bits per heavy atom. The van der Waals surface area contributed by atoms with Gasteiger partial charge in [0.05, 0.1) is 5.69 Å². The largest absolute Gasteiger partial charge is 0.338 e. The van der Waals surface area contributed by atoms with Gasteiger partial charge in [-0.15, -0.1) is 0 Å². The first-order valence-electron chi connectivity index (χ1n) is 9.58. The maximum absolute atomic E-state index is 13.3. The van der Waals surface area contributed by atoms with Crippen molar-refractivity contribution in [1.29, 1.82) is 4.78 Å². The molecule has 1 aliphatic heterocycles. The zero-order valence-corrected chi connectivity index (χ0v) is 17.3. The van der Waals surface area contributed by atoms with Gasteiger partial charge in [0.15, 0.2) is 0 Å². The summed E-state index contributed by atoms with van der Waals surface area (Å²) in [6.45, 7) is 0.776. The van der Waals surface area contributed by atoms with E-state index in [0.29, 0.717) is 24.3 Å². The van der Waals surface area contributed by atoms with E-state index < -0.39 is 15.3 Å². The Kier molecular flexibility index (Phi) is 5.26. The smallest absolute Gasteiger partial charge is 0.277 e. The van der Waals surface area contributed by atoms with Crippen molar-refractivity contribution in [2.45, 2.75) is 0 Å². The predicted octanol–water partition coefficient (Wildman–Crippen LogP) is 2.85. The summed E-state index contributed by atoms with van der Waals surface area (Å²) in [6, 6.07) is 18.7. The highest BCUT2D eigenvalue weighted by molar-refractivity contribution is 7.91. The summed E-state index contributed by atoms with van der Waals surface area (Å²) in [5.74, 6) is -0.109. The summed E-state index contributed by atoms with van der Waals surface area (Å²) in [5, 5.41) is 6.75. The van der Waals surface area contributed by atoms with Crippen LogP contribution in [0.2, 0.25) is 0 Å². The fourth-order valence-electron chi connectivity index (χ4n) is 3.79. The number of hydrogen-bond donors (Lipinski definition) is 2. The number of aromatic amines is 1. The number of carbonyl (C=O) groups is 1. The predicted molar refractivity (Wildman–Crippen MR) is 117 cm³/mol. The molecule has 1 unspecified atom stereocenters. The lowest BCUT2D eigenvalue weighted by molar-refractivity contribution is 0.0534. The second-order valence-corrected chi connectivity index (χ2v) is 9.97. The average Bonchev–Trinajstić information content (AvgIpc) is 2.70. The zero-order chi connectivity index (χ0) is 21.3. The molecule has 1 atom stereocenters. The molecule has 0 radical (unpaired) electrons. The molecule has 0 saturated carbocycles. The minimum absolute atomic E-state index is 0.0126. The Morgan fingerprint density at radius 3 is 2.23 bits per heavy atom. The Balaban J connectivity index is 1.78. The van der Waals surface area contributed by atoms with E-state index in [0.717, 1.165) is 11.1 Å². The average molecular weight is 423 g/mol. The second kappa shape index (κ2) is 7.87. The minimum Gasteiger partial charge on any atom is -0.338 e. The van der Waals surface area contributed by atoms with Crippen molar-refractivity contribution in [2.75, 3.05) is 25.1 Å². The first kappa shape index (κ1) is 20.0. The Bertz CT molecular complexity index is 1230. The van der Waals surface area contributed by atoms with E-state index in [9.17, 15) is 13.8 Å². The molecule has 8 heteroatoms. The van der Waals surface area contributed by atoms with E-state index in [-0.39, 0.29) is 23.1 Å². The van der Waals surface area contributed by atoms with Crippen LogP contribution in [-0.2, 0) is 9.73 Å². The summed E-state index contributed by atoms with van der Waals surface area (Å²) >= 11 is 0. The highest BCUT2D eigenvalue weighted by Gasteiger charge is 2.35. The highest BCUT2D eigenvalue weighted by atomic mass is 32.2. The number of benzene rings is 2. The number of rotatable bonds is 5. The molecule has 1 amide bonds. The topological polar surface area (TPSA) is 107 Å². The van der Waals surface area contributed by atoms with Crippen LogP contribution >= 0.6 is 0 Å². The number of nitrogens with one attached hydrogen (secondary N) is 2. The van der Waals surface area contributed by atoms with Crippen LogP contribution in [0.1, 0.15) is 10.4 Å². The van der Waals surface area contributed by atoms with Crippen LogP contribution in [0.25, 0.3) is 22.4 Å². The summed E-state index contributed by atoms with van der Waals surface area (Å²) in [6.07, 6.45) is 1.41. The van der Waals surface area contributed by atoms with Crippen LogP contribution in [0.5, 0.6) is 0 Å². The first-order chi connectivity index (χ1) is 14.3. The summed E-state index contributed by atoms with van der Waals surface area (Å²) in [4.78, 5) is 27.6. The fraction of sp³-hybridized carbons (Fsp3) is 0.227. The van der Waals surface area contributed by atoms with Crippen molar-refractivity contribution in [3.05, 3.63) is 76.6 Å². The zero-order valence-electron chi connectivity index (χ0n) is 16.5. The Hall–Kier alpha value is -3.26. The molecule has 1 aliphatic rings. The molecule has 2 N–H and O–H groups in total. The first-order valence-corrected chi connectivity index (χ1v) is 11.7. The van der Waals surface area contributed by atoms with E-state index in [1.165, 1.54) is 6.26 Å². The molecule has 154 valence electrons. The third kappa shape index (κ3) is 4.04. The number of hydrogen-bond acceptors (Lipinski definition) is 5. The number of aromatic nitrogens is 2. The van der Waals surface area contributed by atoms with Crippen molar-refractivity contribution in [3.8, 4) is 22.4 Å². The van der Waals surface area contributed by atoms with Gasteiger partial charge in [0.25, 0.3) is 11.5 Å². The van der Waals surface area contributed by atoms with E-state index in [1.54, 1.807) is 4.90 Å². The van der Waals surface area contributed by atoms with Crippen molar-refractivity contribution < 1.29 is 9.00 Å².